The van der Waals surface area contributed by atoms with Crippen LogP contribution in [0.4, 0.5) is 0 Å². The van der Waals surface area contributed by atoms with Crippen LogP contribution < -0.4 is 0 Å². The van der Waals surface area contributed by atoms with Gasteiger partial charge in [-0.1, -0.05) is 41.5 Å². The van der Waals surface area contributed by atoms with E-state index in [0.717, 1.165) is 6.92 Å². The Morgan fingerprint density at radius 3 is 2.01 bits per heavy atom. The van der Waals surface area contributed by atoms with Gasteiger partial charge in [-0.25, -0.2) is 0 Å². The zero-order valence-corrected chi connectivity index (χ0v) is 46.6. The van der Waals surface area contributed by atoms with Gasteiger partial charge in [-0.3, -0.25) is 14.4 Å². The number of aliphatic hydroxyl groups is 5. The van der Waals surface area contributed by atoms with Gasteiger partial charge in [0.05, 0.1) is 55.3 Å². The maximum Gasteiger partial charge on any atom is 0.307 e. The summed E-state index contributed by atoms with van der Waals surface area (Å²) in [6.07, 6.45) is -10.8. The average Bonchev–Trinajstić information content (AvgIpc) is 3.30. The largest absolute Gasteiger partial charge is 0.512 e. The van der Waals surface area contributed by atoms with Crippen LogP contribution >= 0.6 is 0 Å². The van der Waals surface area contributed by atoms with E-state index >= 15 is 0 Å². The van der Waals surface area contributed by atoms with E-state index in [-0.39, 0.29) is 55.8 Å². The molecule has 3 rings (SSSR count). The number of carboxylic acids is 1. The predicted octanol–water partition coefficient (Wildman–Crippen LogP) is 4.31. The normalized spacial score (nSPS) is 34.2. The monoisotopic (exact) mass is 1060 g/mol. The van der Waals surface area contributed by atoms with Gasteiger partial charge >= 0.3 is 17.9 Å². The summed E-state index contributed by atoms with van der Waals surface area (Å²) < 4.78 is 60.2. The molecule has 0 aromatic carbocycles. The summed E-state index contributed by atoms with van der Waals surface area (Å²) in [4.78, 5) is 51.4. The van der Waals surface area contributed by atoms with Crippen LogP contribution in [0.5, 0.6) is 0 Å². The van der Waals surface area contributed by atoms with E-state index < -0.39 is 146 Å². The molecule has 0 spiro atoms. The van der Waals surface area contributed by atoms with E-state index in [9.17, 15) is 49.8 Å². The lowest BCUT2D eigenvalue weighted by molar-refractivity contribution is -0.342. The molecule has 430 valence electrons. The highest BCUT2D eigenvalue weighted by Gasteiger charge is 2.53. The Kier molecular flexibility index (Phi) is 26.8. The number of ether oxygens (including phenoxy) is 10. The van der Waals surface area contributed by atoms with Gasteiger partial charge in [-0.05, 0) is 91.3 Å². The molecule has 3 aliphatic rings. The second-order valence-corrected chi connectivity index (χ2v) is 22.0. The molecular formula is C53H93NO20. The Morgan fingerprint density at radius 2 is 1.47 bits per heavy atom. The Labute approximate surface area is 438 Å². The molecular weight excluding hydrogens is 971 g/mol. The maximum atomic E-state index is 12.6. The minimum Gasteiger partial charge on any atom is -0.512 e. The highest BCUT2D eigenvalue weighted by molar-refractivity contribution is 5.70. The molecule has 3 saturated heterocycles. The Morgan fingerprint density at radius 1 is 0.838 bits per heavy atom. The third kappa shape index (κ3) is 18.6. The van der Waals surface area contributed by atoms with Gasteiger partial charge in [-0.15, -0.1) is 0 Å². The summed E-state index contributed by atoms with van der Waals surface area (Å²) in [5, 5.41) is 66.8. The Balaban J connectivity index is 1.86. The number of allylic oxidation sites excluding steroid dienone is 2. The number of aliphatic carboxylic acids is 1. The summed E-state index contributed by atoms with van der Waals surface area (Å²) in [6.45, 7) is 19.0. The first kappa shape index (κ1) is 65.4. The molecule has 0 unspecified atom stereocenters. The third-order valence-corrected chi connectivity index (χ3v) is 14.8. The Hall–Kier alpha value is -2.90. The zero-order valence-electron chi connectivity index (χ0n) is 46.6. The van der Waals surface area contributed by atoms with Crippen LogP contribution in [-0.4, -0.2) is 198 Å². The smallest absolute Gasteiger partial charge is 0.307 e. The molecule has 22 atom stereocenters. The van der Waals surface area contributed by atoms with Gasteiger partial charge in [0, 0.05) is 58.2 Å². The number of carbonyl (C=O) groups excluding carboxylic acids is 3. The molecule has 0 aliphatic carbocycles. The fourth-order valence-corrected chi connectivity index (χ4v) is 10.7. The fourth-order valence-electron chi connectivity index (χ4n) is 10.7. The predicted molar refractivity (Wildman–Crippen MR) is 268 cm³/mol. The molecule has 21 heteroatoms. The molecule has 74 heavy (non-hydrogen) atoms. The van der Waals surface area contributed by atoms with Gasteiger partial charge in [0.25, 0.3) is 0 Å². The number of carbonyl (C=O) groups is 4. The number of rotatable bonds is 30. The standard InChI is InChI=1S/C53H93NO20/c1-16-37(57)36(26-67-52-49(66-15)48(65-14)44(62)31(7)69-52)22-28(4)17-18-38(58)29(5)23-35(19-20-55)46(30(6)39(24-40(59)60)71-34(10)56)74-51-45(63)43(54(12)13)47(32(8)70-51)73-42-25-53(11,64)50(33(9)68-42)72-41(61)21-27(2)3/h18,20,27-33,35-37,39,42-52,57-58,62-64H,16-17,19,21-26H2,1-15H3,(H,59,60)/b38-18-/t28-,29+,30-,31+,32+,33-,35-,36+,37+,39+,42-,43+,44+,45+,46+,47+,48+,49+,50-,51-,52+,53+/m0/s1. The van der Waals surface area contributed by atoms with Crippen molar-refractivity contribution < 1.29 is 97.2 Å². The number of aldehydes is 1. The van der Waals surface area contributed by atoms with Crippen molar-refractivity contribution in [2.24, 2.45) is 35.5 Å². The van der Waals surface area contributed by atoms with Gasteiger partial charge in [0.15, 0.2) is 25.0 Å². The third-order valence-electron chi connectivity index (χ3n) is 14.8. The minimum absolute atomic E-state index is 0.0234. The van der Waals surface area contributed by atoms with Crippen molar-refractivity contribution in [3.05, 3.63) is 11.8 Å². The number of methoxy groups -OCH3 is 2. The van der Waals surface area contributed by atoms with Crippen LogP contribution in [0.15, 0.2) is 11.8 Å². The summed E-state index contributed by atoms with van der Waals surface area (Å²) in [5.74, 6) is -4.96. The van der Waals surface area contributed by atoms with Crippen molar-refractivity contribution in [1.29, 1.82) is 0 Å². The molecule has 0 aromatic rings. The molecule has 0 aromatic heterocycles. The summed E-state index contributed by atoms with van der Waals surface area (Å²) in [7, 11) is 6.41. The second-order valence-electron chi connectivity index (χ2n) is 22.0. The van der Waals surface area contributed by atoms with E-state index in [0.29, 0.717) is 25.5 Å². The zero-order chi connectivity index (χ0) is 55.9. The van der Waals surface area contributed by atoms with Crippen LogP contribution in [0, 0.1) is 35.5 Å². The highest BCUT2D eigenvalue weighted by Crippen LogP contribution is 2.39. The molecule has 21 nitrogen and oxygen atoms in total. The lowest BCUT2D eigenvalue weighted by Crippen LogP contribution is -2.65. The molecule has 0 saturated carbocycles. The molecule has 0 bridgehead atoms. The average molecular weight is 1060 g/mol. The first-order chi connectivity index (χ1) is 34.6. The van der Waals surface area contributed by atoms with Gasteiger partial charge in [-0.2, -0.15) is 0 Å². The van der Waals surface area contributed by atoms with Crippen molar-refractivity contribution in [3.8, 4) is 0 Å². The van der Waals surface area contributed by atoms with E-state index in [2.05, 4.69) is 0 Å². The number of nitrogens with zero attached hydrogens (tertiary/aromatic N) is 1. The van der Waals surface area contributed by atoms with Crippen LogP contribution in [-0.2, 0) is 66.5 Å². The minimum atomic E-state index is -1.53. The van der Waals surface area contributed by atoms with E-state index in [1.807, 2.05) is 27.7 Å². The first-order valence-corrected chi connectivity index (χ1v) is 26.4. The summed E-state index contributed by atoms with van der Waals surface area (Å²) in [5.41, 5.74) is -1.53. The molecule has 3 aliphatic heterocycles. The van der Waals surface area contributed by atoms with Crippen LogP contribution in [0.2, 0.25) is 0 Å². The number of esters is 2. The topological polar surface area (TPSA) is 285 Å². The van der Waals surface area contributed by atoms with E-state index in [4.69, 9.17) is 47.4 Å². The van der Waals surface area contributed by atoms with Crippen LogP contribution in [0.3, 0.4) is 0 Å². The van der Waals surface area contributed by atoms with Gasteiger partial charge < -0.3 is 87.7 Å². The quantitative estimate of drug-likeness (QED) is 0.0332. The van der Waals surface area contributed by atoms with Gasteiger partial charge in [0.1, 0.15) is 48.5 Å². The number of hydrogen-bond donors (Lipinski definition) is 6. The first-order valence-electron chi connectivity index (χ1n) is 26.4. The number of aliphatic hydroxyl groups excluding tert-OH is 4. The second kappa shape index (κ2) is 30.3. The molecule has 3 heterocycles. The number of hydrogen-bond acceptors (Lipinski definition) is 20. The lowest BCUT2D eigenvalue weighted by Gasteiger charge is -2.50. The lowest BCUT2D eigenvalue weighted by atomic mass is 9.80. The van der Waals surface area contributed by atoms with Gasteiger partial charge in [0.2, 0.25) is 0 Å². The van der Waals surface area contributed by atoms with Crippen molar-refractivity contribution in [3.63, 3.8) is 0 Å². The number of carboxylic acid groups (broad SMARTS) is 1. The van der Waals surface area contributed by atoms with E-state index in [1.54, 1.807) is 66.6 Å². The Bertz CT molecular complexity index is 1730. The van der Waals surface area contributed by atoms with Crippen molar-refractivity contribution in [1.82, 2.24) is 4.90 Å². The molecule has 0 amide bonds. The fraction of sp³-hybridized carbons (Fsp3) is 0.887. The van der Waals surface area contributed by atoms with E-state index in [1.165, 1.54) is 14.2 Å². The SMILES string of the molecule is CC[C@@H](O)[C@@H](CO[C@@H]1O[C@H](C)[C@@H](O)[C@@H](OC)[C@H]1OC)C[C@@H](C)C/C=C(\O)[C@H](C)C[C@H](CC=O)[C@H](O[C@@H]1O[C@H](C)[C@@H](O[C@H]2C[C@@](C)(O)[C@@H](OC(=O)CC(C)C)[C@H](C)O2)[C@H](N(C)C)[C@H]1O)[C@@H](C)[C@@H](CC(=O)O)OC(C)=O. The molecule has 3 fully saturated rings. The van der Waals surface area contributed by atoms with Crippen LogP contribution in [0.25, 0.3) is 0 Å². The highest BCUT2D eigenvalue weighted by atomic mass is 16.7. The molecule has 6 N–H and O–H groups in total. The van der Waals surface area contributed by atoms with Crippen molar-refractivity contribution >= 4 is 24.2 Å². The van der Waals surface area contributed by atoms with Crippen LogP contribution in [0.1, 0.15) is 128 Å². The van der Waals surface area contributed by atoms with Crippen molar-refractivity contribution in [2.75, 3.05) is 34.9 Å². The maximum absolute atomic E-state index is 12.6. The number of likely N-dealkylation sites (N-methyl/N-ethyl adjacent to an activating group) is 1. The summed E-state index contributed by atoms with van der Waals surface area (Å²) in [6, 6.07) is -0.820. The van der Waals surface area contributed by atoms with Crippen molar-refractivity contribution in [2.45, 2.75) is 231 Å². The molecule has 0 radical (unpaired) electrons. The summed E-state index contributed by atoms with van der Waals surface area (Å²) >= 11 is 0.